The molecule has 1 aliphatic heterocycles. The van der Waals surface area contributed by atoms with Gasteiger partial charge in [-0.05, 0) is 35.4 Å². The molecule has 4 N–H and O–H groups in total. The molecule has 150 valence electrons. The van der Waals surface area contributed by atoms with Crippen LogP contribution >= 0.6 is 0 Å². The number of imidazole rings is 1. The van der Waals surface area contributed by atoms with Gasteiger partial charge in [0, 0.05) is 11.6 Å². The van der Waals surface area contributed by atoms with Crippen molar-refractivity contribution in [1.29, 1.82) is 0 Å². The van der Waals surface area contributed by atoms with Crippen molar-refractivity contribution in [3.63, 3.8) is 0 Å². The van der Waals surface area contributed by atoms with Crippen molar-refractivity contribution >= 4 is 17.1 Å². The Balaban J connectivity index is 1.39. The normalized spacial score (nSPS) is 13.4. The van der Waals surface area contributed by atoms with Crippen LogP contribution in [0.4, 0.5) is 4.79 Å². The number of nitrogens with two attached hydrogens (primary N) is 1. The second-order valence-electron chi connectivity index (χ2n) is 6.82. The highest BCUT2D eigenvalue weighted by Gasteiger charge is 2.18. The lowest BCUT2D eigenvalue weighted by Crippen LogP contribution is -2.16. The first-order valence-corrected chi connectivity index (χ1v) is 9.22. The number of carbonyl (C=O) groups excluding carboxylic acids is 1. The summed E-state index contributed by atoms with van der Waals surface area (Å²) in [6.07, 6.45) is -1.67. The monoisotopic (exact) mass is 403 g/mol. The Kier molecular flexibility index (Phi) is 4.26. The first-order chi connectivity index (χ1) is 14.6. The van der Waals surface area contributed by atoms with Gasteiger partial charge in [0.2, 0.25) is 6.79 Å². The topological polar surface area (TPSA) is 120 Å². The van der Waals surface area contributed by atoms with Crippen LogP contribution in [-0.2, 0) is 0 Å². The molecule has 1 aliphatic rings. The van der Waals surface area contributed by atoms with Gasteiger partial charge in [0.05, 0.1) is 11.0 Å². The number of fused-ring (bicyclic) bond motifs is 2. The summed E-state index contributed by atoms with van der Waals surface area (Å²) < 4.78 is 15.6. The molecule has 1 unspecified atom stereocenters. The van der Waals surface area contributed by atoms with E-state index in [-0.39, 0.29) is 6.79 Å². The highest BCUT2D eigenvalue weighted by Crippen LogP contribution is 2.36. The molecule has 1 atom stereocenters. The Morgan fingerprint density at radius 2 is 1.80 bits per heavy atom. The van der Waals surface area contributed by atoms with E-state index in [0.29, 0.717) is 28.6 Å². The SMILES string of the molecule is NC(=O)Oc1ccc2[nH]c(-c3ccc(C(O)c4ccc5c(c4)OCO5)cc3)nc2c1. The van der Waals surface area contributed by atoms with E-state index in [2.05, 4.69) is 9.97 Å². The number of aliphatic hydroxyl groups is 1. The minimum Gasteiger partial charge on any atom is -0.454 e. The average Bonchev–Trinajstić information content (AvgIpc) is 3.38. The van der Waals surface area contributed by atoms with Crippen LogP contribution in [0.3, 0.4) is 0 Å². The summed E-state index contributed by atoms with van der Waals surface area (Å²) in [7, 11) is 0. The molecule has 0 fully saturated rings. The lowest BCUT2D eigenvalue weighted by Gasteiger charge is -2.12. The molecule has 1 amide bonds. The predicted octanol–water partition coefficient (Wildman–Crippen LogP) is 3.50. The van der Waals surface area contributed by atoms with Gasteiger partial charge in [-0.2, -0.15) is 0 Å². The number of ether oxygens (including phenoxy) is 3. The second kappa shape index (κ2) is 7.09. The number of aliphatic hydroxyl groups excluding tert-OH is 1. The molecule has 1 aromatic heterocycles. The number of rotatable bonds is 4. The molecule has 0 saturated carbocycles. The fourth-order valence-electron chi connectivity index (χ4n) is 3.40. The molecule has 0 bridgehead atoms. The fourth-order valence-corrected chi connectivity index (χ4v) is 3.40. The molecule has 2 heterocycles. The van der Waals surface area contributed by atoms with Crippen molar-refractivity contribution in [2.24, 2.45) is 5.73 Å². The third-order valence-corrected chi connectivity index (χ3v) is 4.89. The Morgan fingerprint density at radius 1 is 1.03 bits per heavy atom. The van der Waals surface area contributed by atoms with Crippen LogP contribution in [0.25, 0.3) is 22.4 Å². The van der Waals surface area contributed by atoms with Crippen LogP contribution in [0, 0.1) is 0 Å². The number of aromatic nitrogens is 2. The summed E-state index contributed by atoms with van der Waals surface area (Å²) >= 11 is 0. The standard InChI is InChI=1S/C22H17N3O5/c23-22(27)30-15-6-7-16-17(10-15)25-21(24-16)13-3-1-12(2-4-13)20(26)14-5-8-18-19(9-14)29-11-28-18/h1-10,20,26H,11H2,(H2,23,27)(H,24,25). The lowest BCUT2D eigenvalue weighted by atomic mass is 10.00. The number of aromatic amines is 1. The molecule has 4 aromatic rings. The van der Waals surface area contributed by atoms with Crippen LogP contribution in [-0.4, -0.2) is 28.0 Å². The van der Waals surface area contributed by atoms with E-state index >= 15 is 0 Å². The number of nitrogens with one attached hydrogen (secondary N) is 1. The molecular formula is C22H17N3O5. The van der Waals surface area contributed by atoms with Gasteiger partial charge in [-0.25, -0.2) is 9.78 Å². The van der Waals surface area contributed by atoms with Crippen LogP contribution in [0.5, 0.6) is 17.2 Å². The van der Waals surface area contributed by atoms with E-state index < -0.39 is 12.2 Å². The number of hydrogen-bond acceptors (Lipinski definition) is 6. The van der Waals surface area contributed by atoms with Gasteiger partial charge in [-0.15, -0.1) is 0 Å². The van der Waals surface area contributed by atoms with Gasteiger partial charge >= 0.3 is 6.09 Å². The minimum absolute atomic E-state index is 0.192. The molecule has 0 aliphatic carbocycles. The predicted molar refractivity (Wildman–Crippen MR) is 108 cm³/mol. The van der Waals surface area contributed by atoms with Crippen molar-refractivity contribution in [1.82, 2.24) is 9.97 Å². The Labute approximate surface area is 170 Å². The average molecular weight is 403 g/mol. The fraction of sp³-hybridized carbons (Fsp3) is 0.0909. The first kappa shape index (κ1) is 18.0. The second-order valence-corrected chi connectivity index (χ2v) is 6.82. The van der Waals surface area contributed by atoms with Gasteiger partial charge in [0.15, 0.2) is 11.5 Å². The maximum atomic E-state index is 10.9. The highest BCUT2D eigenvalue weighted by molar-refractivity contribution is 5.81. The van der Waals surface area contributed by atoms with Gasteiger partial charge in [0.1, 0.15) is 17.7 Å². The third-order valence-electron chi connectivity index (χ3n) is 4.89. The summed E-state index contributed by atoms with van der Waals surface area (Å²) in [5, 5.41) is 10.7. The van der Waals surface area contributed by atoms with Crippen LogP contribution in [0.2, 0.25) is 0 Å². The zero-order valence-electron chi connectivity index (χ0n) is 15.7. The molecule has 0 radical (unpaired) electrons. The highest BCUT2D eigenvalue weighted by atomic mass is 16.7. The minimum atomic E-state index is -0.873. The molecule has 5 rings (SSSR count). The number of nitrogens with zero attached hydrogens (tertiary/aromatic N) is 1. The number of benzene rings is 3. The summed E-state index contributed by atoms with van der Waals surface area (Å²) in [6.45, 7) is 0.192. The smallest absolute Gasteiger partial charge is 0.409 e. The largest absolute Gasteiger partial charge is 0.454 e. The number of hydrogen-bond donors (Lipinski definition) is 3. The molecule has 0 saturated heterocycles. The summed E-state index contributed by atoms with van der Waals surface area (Å²) in [5.74, 6) is 2.29. The van der Waals surface area contributed by atoms with Crippen LogP contribution < -0.4 is 19.9 Å². The summed E-state index contributed by atoms with van der Waals surface area (Å²) in [6, 6.07) is 17.9. The van der Waals surface area contributed by atoms with E-state index in [1.54, 1.807) is 30.3 Å². The van der Waals surface area contributed by atoms with E-state index in [0.717, 1.165) is 22.2 Å². The van der Waals surface area contributed by atoms with Crippen LogP contribution in [0.1, 0.15) is 17.2 Å². The Hall–Kier alpha value is -4.04. The Bertz CT molecular complexity index is 1250. The van der Waals surface area contributed by atoms with Crippen LogP contribution in [0.15, 0.2) is 60.7 Å². The quantitative estimate of drug-likeness (QED) is 0.480. The summed E-state index contributed by atoms with van der Waals surface area (Å²) in [5.41, 5.74) is 8.81. The maximum absolute atomic E-state index is 10.9. The van der Waals surface area contributed by atoms with E-state index in [1.165, 1.54) is 0 Å². The van der Waals surface area contributed by atoms with Crippen molar-refractivity contribution in [3.8, 4) is 28.6 Å². The summed E-state index contributed by atoms with van der Waals surface area (Å²) in [4.78, 5) is 18.7. The van der Waals surface area contributed by atoms with Gasteiger partial charge in [-0.3, -0.25) is 0 Å². The molecule has 8 nitrogen and oxygen atoms in total. The third kappa shape index (κ3) is 3.29. The lowest BCUT2D eigenvalue weighted by molar-refractivity contribution is 0.173. The van der Waals surface area contributed by atoms with Crippen molar-refractivity contribution in [2.75, 3.05) is 6.79 Å². The maximum Gasteiger partial charge on any atom is 0.409 e. The Morgan fingerprint density at radius 3 is 2.60 bits per heavy atom. The van der Waals surface area contributed by atoms with Crippen molar-refractivity contribution < 1.29 is 24.1 Å². The number of H-pyrrole nitrogens is 1. The zero-order chi connectivity index (χ0) is 20.7. The molecule has 0 spiro atoms. The molecule has 8 heteroatoms. The van der Waals surface area contributed by atoms with E-state index in [9.17, 15) is 9.90 Å². The molecular weight excluding hydrogens is 386 g/mol. The first-order valence-electron chi connectivity index (χ1n) is 9.22. The van der Waals surface area contributed by atoms with Gasteiger partial charge in [0.25, 0.3) is 0 Å². The van der Waals surface area contributed by atoms with Crippen molar-refractivity contribution in [3.05, 3.63) is 71.8 Å². The number of amides is 1. The van der Waals surface area contributed by atoms with E-state index in [4.69, 9.17) is 19.9 Å². The van der Waals surface area contributed by atoms with Crippen molar-refractivity contribution in [2.45, 2.75) is 6.10 Å². The van der Waals surface area contributed by atoms with Gasteiger partial charge in [-0.1, -0.05) is 30.3 Å². The zero-order valence-corrected chi connectivity index (χ0v) is 15.7. The number of carbonyl (C=O) groups is 1. The molecule has 3 aromatic carbocycles. The van der Waals surface area contributed by atoms with Gasteiger partial charge < -0.3 is 30.0 Å². The van der Waals surface area contributed by atoms with E-state index in [1.807, 2.05) is 30.3 Å². The molecule has 30 heavy (non-hydrogen) atoms. The number of primary amides is 1.